The highest BCUT2D eigenvalue weighted by molar-refractivity contribution is 5.49. The molecule has 0 spiro atoms. The van der Waals surface area contributed by atoms with Crippen LogP contribution in [0.3, 0.4) is 0 Å². The van der Waals surface area contributed by atoms with Crippen molar-refractivity contribution >= 4 is 5.69 Å². The number of hydrogen-bond donors (Lipinski definition) is 2. The lowest BCUT2D eigenvalue weighted by atomic mass is 10.0. The number of rotatable bonds is 13. The zero-order chi connectivity index (χ0) is 21.6. The van der Waals surface area contributed by atoms with Gasteiger partial charge in [0.15, 0.2) is 0 Å². The van der Waals surface area contributed by atoms with Crippen LogP contribution in [0.5, 0.6) is 0 Å². The van der Waals surface area contributed by atoms with E-state index >= 15 is 0 Å². The summed E-state index contributed by atoms with van der Waals surface area (Å²) in [5, 5.41) is 26.6. The van der Waals surface area contributed by atoms with E-state index in [1.54, 1.807) is 0 Å². The smallest absolute Gasteiger partial charge is 0.0991 e. The minimum absolute atomic E-state index is 0.104. The van der Waals surface area contributed by atoms with E-state index in [9.17, 15) is 0 Å². The van der Waals surface area contributed by atoms with Gasteiger partial charge in [-0.05, 0) is 71.3 Å². The molecule has 158 valence electrons. The van der Waals surface area contributed by atoms with Gasteiger partial charge in [-0.25, -0.2) is 0 Å². The Kier molecular flexibility index (Phi) is 11.4. The summed E-state index contributed by atoms with van der Waals surface area (Å²) in [7, 11) is 1.95. The molecule has 2 N–H and O–H groups in total. The molecule has 3 unspecified atom stereocenters. The van der Waals surface area contributed by atoms with Crippen LogP contribution in [0.2, 0.25) is 0 Å². The summed E-state index contributed by atoms with van der Waals surface area (Å²) in [6.07, 6.45) is 5.88. The zero-order valence-electron chi connectivity index (χ0n) is 18.5. The molecule has 0 aromatic heterocycles. The fourth-order valence-electron chi connectivity index (χ4n) is 2.67. The Hall–Kier alpha value is -2.65. The van der Waals surface area contributed by atoms with Crippen molar-refractivity contribution in [2.24, 2.45) is 10.3 Å². The van der Waals surface area contributed by atoms with E-state index in [-0.39, 0.29) is 18.1 Å². The lowest BCUT2D eigenvalue weighted by Crippen LogP contribution is -2.35. The molecule has 0 aliphatic heterocycles. The summed E-state index contributed by atoms with van der Waals surface area (Å²) < 4.78 is 0. The van der Waals surface area contributed by atoms with Gasteiger partial charge in [0.05, 0.1) is 17.7 Å². The van der Waals surface area contributed by atoms with E-state index in [1.807, 2.05) is 42.4 Å². The number of nitriles is 1. The number of hydrogen-bond acceptors (Lipinski definition) is 5. The average molecular weight is 397 g/mol. The van der Waals surface area contributed by atoms with Crippen LogP contribution in [-0.4, -0.2) is 43.3 Å². The van der Waals surface area contributed by atoms with Crippen molar-refractivity contribution in [1.82, 2.24) is 10.3 Å². The Morgan fingerprint density at radius 3 is 2.59 bits per heavy atom. The number of benzene rings is 1. The van der Waals surface area contributed by atoms with E-state index in [1.165, 1.54) is 5.57 Å². The maximum absolute atomic E-state index is 8.95. The molecule has 0 saturated carbocycles. The Balaban J connectivity index is 2.57. The van der Waals surface area contributed by atoms with Crippen molar-refractivity contribution in [2.45, 2.75) is 58.7 Å². The molecule has 0 aliphatic rings. The first-order valence-electron chi connectivity index (χ1n) is 10.3. The number of nitrogens with one attached hydrogen (secondary N) is 2. The lowest BCUT2D eigenvalue weighted by molar-refractivity contribution is 0.304. The SMILES string of the molecule is C=CCCNC(C)C(C)N=NN(C)CCC(Nc1ccc(C#N)cc1)/C(C)=C/C. The van der Waals surface area contributed by atoms with Gasteiger partial charge >= 0.3 is 0 Å². The molecule has 1 rings (SSSR count). The van der Waals surface area contributed by atoms with E-state index in [0.29, 0.717) is 5.56 Å². The topological polar surface area (TPSA) is 75.8 Å². The molecule has 0 aliphatic carbocycles. The minimum atomic E-state index is 0.104. The van der Waals surface area contributed by atoms with Crippen molar-refractivity contribution in [3.63, 3.8) is 0 Å². The van der Waals surface area contributed by atoms with E-state index in [2.05, 4.69) is 67.4 Å². The van der Waals surface area contributed by atoms with Crippen LogP contribution in [0.15, 0.2) is 58.9 Å². The third-order valence-electron chi connectivity index (χ3n) is 5.03. The quantitative estimate of drug-likeness (QED) is 0.214. The highest BCUT2D eigenvalue weighted by Crippen LogP contribution is 2.16. The summed E-state index contributed by atoms with van der Waals surface area (Å²) in [6, 6.07) is 10.3. The Morgan fingerprint density at radius 1 is 1.31 bits per heavy atom. The van der Waals surface area contributed by atoms with Crippen LogP contribution >= 0.6 is 0 Å². The molecule has 0 amide bonds. The number of nitrogens with zero attached hydrogens (tertiary/aromatic N) is 4. The fourth-order valence-corrected chi connectivity index (χ4v) is 2.67. The van der Waals surface area contributed by atoms with Crippen LogP contribution in [0.4, 0.5) is 5.69 Å². The second-order valence-corrected chi connectivity index (χ2v) is 7.35. The van der Waals surface area contributed by atoms with Gasteiger partial charge < -0.3 is 10.6 Å². The summed E-state index contributed by atoms with van der Waals surface area (Å²) >= 11 is 0. The molecule has 6 heteroatoms. The molecule has 1 aromatic carbocycles. The Bertz CT molecular complexity index is 701. The van der Waals surface area contributed by atoms with Gasteiger partial charge in [0.1, 0.15) is 0 Å². The average Bonchev–Trinajstić information content (AvgIpc) is 2.74. The van der Waals surface area contributed by atoms with Gasteiger partial charge in [0.2, 0.25) is 0 Å². The minimum Gasteiger partial charge on any atom is -0.379 e. The largest absolute Gasteiger partial charge is 0.379 e. The fraction of sp³-hybridized carbons (Fsp3) is 0.522. The number of anilines is 1. The first-order chi connectivity index (χ1) is 13.9. The van der Waals surface area contributed by atoms with Crippen molar-refractivity contribution < 1.29 is 0 Å². The van der Waals surface area contributed by atoms with Crippen LogP contribution < -0.4 is 10.6 Å². The van der Waals surface area contributed by atoms with Gasteiger partial charge in [-0.15, -0.1) is 6.58 Å². The third kappa shape index (κ3) is 9.40. The van der Waals surface area contributed by atoms with Crippen LogP contribution in [0.1, 0.15) is 46.1 Å². The van der Waals surface area contributed by atoms with Gasteiger partial charge in [0, 0.05) is 31.4 Å². The van der Waals surface area contributed by atoms with E-state index in [0.717, 1.165) is 31.6 Å². The Morgan fingerprint density at radius 2 is 2.00 bits per heavy atom. The molecular weight excluding hydrogens is 360 g/mol. The summed E-state index contributed by atoms with van der Waals surface area (Å²) in [4.78, 5) is 0. The Labute approximate surface area is 176 Å². The summed E-state index contributed by atoms with van der Waals surface area (Å²) in [5.41, 5.74) is 2.94. The molecule has 0 heterocycles. The molecule has 0 fully saturated rings. The van der Waals surface area contributed by atoms with Crippen LogP contribution in [-0.2, 0) is 0 Å². The first kappa shape index (κ1) is 24.4. The molecular formula is C23H36N6. The second-order valence-electron chi connectivity index (χ2n) is 7.35. The third-order valence-corrected chi connectivity index (χ3v) is 5.03. The van der Waals surface area contributed by atoms with Gasteiger partial charge in [-0.2, -0.15) is 10.4 Å². The van der Waals surface area contributed by atoms with E-state index < -0.39 is 0 Å². The normalized spacial score (nSPS) is 14.8. The van der Waals surface area contributed by atoms with Crippen molar-refractivity contribution in [1.29, 1.82) is 5.26 Å². The standard InChI is InChI=1S/C23H36N6/c1-7-9-15-25-19(4)20(5)27-28-29(6)16-14-23(18(3)8-2)26-22-12-10-21(17-24)11-13-22/h7-8,10-13,19-20,23,25-26H,1,9,14-16H2,2-6H3/b18-8+,28-27?. The van der Waals surface area contributed by atoms with Crippen LogP contribution in [0.25, 0.3) is 0 Å². The van der Waals surface area contributed by atoms with E-state index in [4.69, 9.17) is 5.26 Å². The van der Waals surface area contributed by atoms with Gasteiger partial charge in [-0.3, -0.25) is 5.01 Å². The van der Waals surface area contributed by atoms with Gasteiger partial charge in [-0.1, -0.05) is 22.9 Å². The molecule has 0 radical (unpaired) electrons. The van der Waals surface area contributed by atoms with Crippen molar-refractivity contribution in [3.05, 3.63) is 54.1 Å². The van der Waals surface area contributed by atoms with Crippen molar-refractivity contribution in [2.75, 3.05) is 25.5 Å². The predicted octanol–water partition coefficient (Wildman–Crippen LogP) is 4.94. The molecule has 6 nitrogen and oxygen atoms in total. The van der Waals surface area contributed by atoms with Crippen LogP contribution in [0, 0.1) is 11.3 Å². The molecule has 0 bridgehead atoms. The first-order valence-corrected chi connectivity index (χ1v) is 10.3. The molecule has 29 heavy (non-hydrogen) atoms. The summed E-state index contributed by atoms with van der Waals surface area (Å²) in [5.74, 6) is 0. The molecule has 3 atom stereocenters. The van der Waals surface area contributed by atoms with Gasteiger partial charge in [0.25, 0.3) is 0 Å². The lowest BCUT2D eigenvalue weighted by Gasteiger charge is -2.23. The highest BCUT2D eigenvalue weighted by Gasteiger charge is 2.13. The molecule has 1 aromatic rings. The van der Waals surface area contributed by atoms with Crippen molar-refractivity contribution in [3.8, 4) is 6.07 Å². The second kappa shape index (κ2) is 13.5. The monoisotopic (exact) mass is 396 g/mol. The zero-order valence-corrected chi connectivity index (χ0v) is 18.5. The maximum Gasteiger partial charge on any atom is 0.0991 e. The summed E-state index contributed by atoms with van der Waals surface area (Å²) in [6.45, 7) is 13.8. The maximum atomic E-state index is 8.95. The molecule has 0 saturated heterocycles. The number of allylic oxidation sites excluding steroid dienone is 1. The highest BCUT2D eigenvalue weighted by atomic mass is 15.5. The predicted molar refractivity (Wildman–Crippen MR) is 122 cm³/mol.